The van der Waals surface area contributed by atoms with E-state index in [0.717, 1.165) is 16.9 Å². The van der Waals surface area contributed by atoms with E-state index in [1.54, 1.807) is 18.2 Å². The zero-order valence-electron chi connectivity index (χ0n) is 12.9. The molecule has 0 aliphatic heterocycles. The lowest BCUT2D eigenvalue weighted by atomic mass is 10.1. The zero-order chi connectivity index (χ0) is 15.9. The predicted octanol–water partition coefficient (Wildman–Crippen LogP) is 3.18. The first-order valence-corrected chi connectivity index (χ1v) is 7.26. The van der Waals surface area contributed by atoms with E-state index in [1.165, 1.54) is 6.07 Å². The maximum atomic E-state index is 13.4. The van der Waals surface area contributed by atoms with Crippen LogP contribution >= 0.6 is 0 Å². The normalized spacial score (nSPS) is 10.3. The topological polar surface area (TPSA) is 38.3 Å². The molecule has 3 nitrogen and oxygen atoms in total. The molecule has 2 rings (SSSR count). The standard InChI is InChI=1S/C18H20FNO2/c1-13-9-14(2)11-16(10-13)22-8-7-20-18(21)12-15-5-3-4-6-17(15)19/h3-6,9-11H,7-8,12H2,1-2H3,(H,20,21). The number of benzene rings is 2. The number of rotatable bonds is 6. The number of aryl methyl sites for hydroxylation is 2. The first-order chi connectivity index (χ1) is 10.5. The molecule has 0 aromatic heterocycles. The van der Waals surface area contributed by atoms with Crippen molar-refractivity contribution in [3.8, 4) is 5.75 Å². The minimum atomic E-state index is -0.357. The summed E-state index contributed by atoms with van der Waals surface area (Å²) in [5.41, 5.74) is 2.67. The minimum absolute atomic E-state index is 0.0379. The fourth-order valence-corrected chi connectivity index (χ4v) is 2.25. The lowest BCUT2D eigenvalue weighted by molar-refractivity contribution is -0.120. The van der Waals surface area contributed by atoms with Crippen LogP contribution in [0, 0.1) is 19.7 Å². The molecule has 1 amide bonds. The lowest BCUT2D eigenvalue weighted by Gasteiger charge is -2.09. The van der Waals surface area contributed by atoms with Gasteiger partial charge in [-0.2, -0.15) is 0 Å². The van der Waals surface area contributed by atoms with Crippen molar-refractivity contribution in [2.75, 3.05) is 13.2 Å². The molecular weight excluding hydrogens is 281 g/mol. The fraction of sp³-hybridized carbons (Fsp3) is 0.278. The van der Waals surface area contributed by atoms with Gasteiger partial charge in [0.1, 0.15) is 18.2 Å². The molecule has 22 heavy (non-hydrogen) atoms. The van der Waals surface area contributed by atoms with E-state index in [-0.39, 0.29) is 18.1 Å². The van der Waals surface area contributed by atoms with Gasteiger partial charge in [0.25, 0.3) is 0 Å². The third kappa shape index (κ3) is 4.88. The number of hydrogen-bond donors (Lipinski definition) is 1. The van der Waals surface area contributed by atoms with Crippen LogP contribution in [0.2, 0.25) is 0 Å². The second kappa shape index (κ2) is 7.59. The number of carbonyl (C=O) groups is 1. The van der Waals surface area contributed by atoms with Crippen LogP contribution in [0.4, 0.5) is 4.39 Å². The highest BCUT2D eigenvalue weighted by molar-refractivity contribution is 5.78. The largest absolute Gasteiger partial charge is 0.492 e. The van der Waals surface area contributed by atoms with Gasteiger partial charge in [-0.3, -0.25) is 4.79 Å². The molecule has 0 saturated carbocycles. The fourth-order valence-electron chi connectivity index (χ4n) is 2.25. The Hall–Kier alpha value is -2.36. The summed E-state index contributed by atoms with van der Waals surface area (Å²) in [5, 5.41) is 2.73. The zero-order valence-corrected chi connectivity index (χ0v) is 12.9. The summed E-state index contributed by atoms with van der Waals surface area (Å²) >= 11 is 0. The van der Waals surface area contributed by atoms with E-state index < -0.39 is 0 Å². The highest BCUT2D eigenvalue weighted by Gasteiger charge is 2.07. The number of hydrogen-bond acceptors (Lipinski definition) is 2. The van der Waals surface area contributed by atoms with Crippen molar-refractivity contribution in [2.24, 2.45) is 0 Å². The Morgan fingerprint density at radius 3 is 2.50 bits per heavy atom. The van der Waals surface area contributed by atoms with Gasteiger partial charge in [0.05, 0.1) is 13.0 Å². The maximum absolute atomic E-state index is 13.4. The Morgan fingerprint density at radius 2 is 1.82 bits per heavy atom. The van der Waals surface area contributed by atoms with Gasteiger partial charge in [0, 0.05) is 0 Å². The summed E-state index contributed by atoms with van der Waals surface area (Å²) in [5.74, 6) is 0.221. The van der Waals surface area contributed by atoms with Crippen LogP contribution in [0.3, 0.4) is 0 Å². The van der Waals surface area contributed by atoms with E-state index in [2.05, 4.69) is 11.4 Å². The third-order valence-electron chi connectivity index (χ3n) is 3.20. The van der Waals surface area contributed by atoms with Crippen LogP contribution in [0.1, 0.15) is 16.7 Å². The van der Waals surface area contributed by atoms with E-state index >= 15 is 0 Å². The van der Waals surface area contributed by atoms with Crippen molar-refractivity contribution in [3.05, 3.63) is 65.0 Å². The number of ether oxygens (including phenoxy) is 1. The SMILES string of the molecule is Cc1cc(C)cc(OCCNC(=O)Cc2ccccc2F)c1. The molecule has 1 N–H and O–H groups in total. The molecule has 0 aliphatic rings. The molecule has 2 aromatic rings. The minimum Gasteiger partial charge on any atom is -0.492 e. The number of amides is 1. The molecule has 4 heteroatoms. The van der Waals surface area contributed by atoms with E-state index in [1.807, 2.05) is 26.0 Å². The predicted molar refractivity (Wildman–Crippen MR) is 84.5 cm³/mol. The second-order valence-corrected chi connectivity index (χ2v) is 5.29. The van der Waals surface area contributed by atoms with Crippen molar-refractivity contribution in [1.29, 1.82) is 0 Å². The Balaban J connectivity index is 1.74. The highest BCUT2D eigenvalue weighted by Crippen LogP contribution is 2.15. The average molecular weight is 301 g/mol. The van der Waals surface area contributed by atoms with Crippen molar-refractivity contribution < 1.29 is 13.9 Å². The molecule has 0 spiro atoms. The maximum Gasteiger partial charge on any atom is 0.224 e. The van der Waals surface area contributed by atoms with Crippen LogP contribution in [-0.4, -0.2) is 19.1 Å². The molecule has 0 radical (unpaired) electrons. The Morgan fingerprint density at radius 1 is 1.14 bits per heavy atom. The number of nitrogens with one attached hydrogen (secondary N) is 1. The molecule has 0 saturated heterocycles. The molecule has 0 unspecified atom stereocenters. The third-order valence-corrected chi connectivity index (χ3v) is 3.20. The molecule has 0 atom stereocenters. The van der Waals surface area contributed by atoms with E-state index in [0.29, 0.717) is 18.7 Å². The summed E-state index contributed by atoms with van der Waals surface area (Å²) in [7, 11) is 0. The van der Waals surface area contributed by atoms with Crippen LogP contribution in [-0.2, 0) is 11.2 Å². The van der Waals surface area contributed by atoms with E-state index in [4.69, 9.17) is 4.74 Å². The van der Waals surface area contributed by atoms with Crippen molar-refractivity contribution >= 4 is 5.91 Å². The molecular formula is C18H20FNO2. The monoisotopic (exact) mass is 301 g/mol. The molecule has 0 bridgehead atoms. The van der Waals surface area contributed by atoms with Gasteiger partial charge in [0.2, 0.25) is 5.91 Å². The molecule has 116 valence electrons. The van der Waals surface area contributed by atoms with Crippen LogP contribution < -0.4 is 10.1 Å². The molecule has 0 fully saturated rings. The smallest absolute Gasteiger partial charge is 0.224 e. The Kier molecular flexibility index (Phi) is 5.53. The lowest BCUT2D eigenvalue weighted by Crippen LogP contribution is -2.29. The van der Waals surface area contributed by atoms with Gasteiger partial charge in [-0.1, -0.05) is 24.3 Å². The summed E-state index contributed by atoms with van der Waals surface area (Å²) in [4.78, 5) is 11.8. The van der Waals surface area contributed by atoms with Gasteiger partial charge in [-0.05, 0) is 48.7 Å². The first kappa shape index (κ1) is 16.0. The highest BCUT2D eigenvalue weighted by atomic mass is 19.1. The number of halogens is 1. The van der Waals surface area contributed by atoms with E-state index in [9.17, 15) is 9.18 Å². The van der Waals surface area contributed by atoms with Gasteiger partial charge < -0.3 is 10.1 Å². The van der Waals surface area contributed by atoms with Gasteiger partial charge in [-0.25, -0.2) is 4.39 Å². The molecule has 0 heterocycles. The first-order valence-electron chi connectivity index (χ1n) is 7.26. The quantitative estimate of drug-likeness (QED) is 0.832. The second-order valence-electron chi connectivity index (χ2n) is 5.29. The average Bonchev–Trinajstić information content (AvgIpc) is 2.45. The van der Waals surface area contributed by atoms with Gasteiger partial charge in [-0.15, -0.1) is 0 Å². The molecule has 2 aromatic carbocycles. The van der Waals surface area contributed by atoms with Crippen molar-refractivity contribution in [3.63, 3.8) is 0 Å². The Bertz CT molecular complexity index is 635. The van der Waals surface area contributed by atoms with Gasteiger partial charge >= 0.3 is 0 Å². The number of carbonyl (C=O) groups excluding carboxylic acids is 1. The van der Waals surface area contributed by atoms with Crippen LogP contribution in [0.5, 0.6) is 5.75 Å². The summed E-state index contributed by atoms with van der Waals surface area (Å²) in [6, 6.07) is 12.3. The van der Waals surface area contributed by atoms with Crippen LogP contribution in [0.15, 0.2) is 42.5 Å². The van der Waals surface area contributed by atoms with Crippen molar-refractivity contribution in [2.45, 2.75) is 20.3 Å². The summed E-state index contributed by atoms with van der Waals surface area (Å²) in [6.45, 7) is 4.79. The van der Waals surface area contributed by atoms with Gasteiger partial charge in [0.15, 0.2) is 0 Å². The van der Waals surface area contributed by atoms with Crippen LogP contribution in [0.25, 0.3) is 0 Å². The molecule has 0 aliphatic carbocycles. The van der Waals surface area contributed by atoms with Crippen molar-refractivity contribution in [1.82, 2.24) is 5.32 Å². The summed E-state index contributed by atoms with van der Waals surface area (Å²) in [6.07, 6.45) is 0.0379. The Labute approximate surface area is 130 Å². The summed E-state index contributed by atoms with van der Waals surface area (Å²) < 4.78 is 19.0.